The third kappa shape index (κ3) is 2.75. The summed E-state index contributed by atoms with van der Waals surface area (Å²) in [7, 11) is 0. The molecule has 0 aliphatic rings. The molecule has 0 saturated carbocycles. The number of carbonyl (C=O) groups is 1. The molecular formula is C13H15N3O2. The van der Waals surface area contributed by atoms with E-state index in [1.54, 1.807) is 6.92 Å². The Hall–Kier alpha value is -2.14. The first-order valence-corrected chi connectivity index (χ1v) is 5.73. The summed E-state index contributed by atoms with van der Waals surface area (Å²) in [5.74, 6) is -0.247. The van der Waals surface area contributed by atoms with Gasteiger partial charge in [-0.25, -0.2) is 0 Å². The van der Waals surface area contributed by atoms with E-state index in [4.69, 9.17) is 5.11 Å². The SMILES string of the molecule is C[C@H](O)CNC(=O)c1cn[nH]c1-c1ccccc1. The zero-order valence-corrected chi connectivity index (χ0v) is 10.1. The second-order valence-corrected chi connectivity index (χ2v) is 4.08. The molecule has 0 radical (unpaired) electrons. The highest BCUT2D eigenvalue weighted by Crippen LogP contribution is 2.20. The molecule has 1 heterocycles. The van der Waals surface area contributed by atoms with Crippen LogP contribution in [0.25, 0.3) is 11.3 Å². The standard InChI is InChI=1S/C13H15N3O2/c1-9(17)7-14-13(18)11-8-15-16-12(11)10-5-3-2-4-6-10/h2-6,8-9,17H,7H2,1H3,(H,14,18)(H,15,16)/t9-/m0/s1. The Bertz CT molecular complexity index is 520. The minimum Gasteiger partial charge on any atom is -0.392 e. The minimum atomic E-state index is -0.568. The summed E-state index contributed by atoms with van der Waals surface area (Å²) in [6, 6.07) is 9.51. The van der Waals surface area contributed by atoms with Crippen LogP contribution in [0.15, 0.2) is 36.5 Å². The average Bonchev–Trinajstić information content (AvgIpc) is 2.86. The summed E-state index contributed by atoms with van der Waals surface area (Å²) in [6.45, 7) is 1.84. The summed E-state index contributed by atoms with van der Waals surface area (Å²) in [5, 5.41) is 18.5. The van der Waals surface area contributed by atoms with Gasteiger partial charge in [0.15, 0.2) is 0 Å². The molecule has 18 heavy (non-hydrogen) atoms. The predicted octanol–water partition coefficient (Wildman–Crippen LogP) is 1.19. The van der Waals surface area contributed by atoms with Crippen molar-refractivity contribution >= 4 is 5.91 Å². The maximum absolute atomic E-state index is 11.9. The van der Waals surface area contributed by atoms with Crippen molar-refractivity contribution < 1.29 is 9.90 Å². The third-order valence-electron chi connectivity index (χ3n) is 2.50. The van der Waals surface area contributed by atoms with Gasteiger partial charge in [0.05, 0.1) is 23.6 Å². The van der Waals surface area contributed by atoms with E-state index in [9.17, 15) is 4.79 Å². The topological polar surface area (TPSA) is 78.0 Å². The number of amides is 1. The van der Waals surface area contributed by atoms with E-state index in [1.807, 2.05) is 30.3 Å². The number of aliphatic hydroxyl groups is 1. The predicted molar refractivity (Wildman–Crippen MR) is 68.0 cm³/mol. The van der Waals surface area contributed by atoms with Crippen LogP contribution in [-0.2, 0) is 0 Å². The lowest BCUT2D eigenvalue weighted by molar-refractivity contribution is 0.0924. The number of hydrogen-bond donors (Lipinski definition) is 3. The maximum atomic E-state index is 11.9. The van der Waals surface area contributed by atoms with Crippen LogP contribution in [0, 0.1) is 0 Å². The monoisotopic (exact) mass is 245 g/mol. The van der Waals surface area contributed by atoms with Gasteiger partial charge in [-0.05, 0) is 6.92 Å². The van der Waals surface area contributed by atoms with Crippen molar-refractivity contribution in [3.8, 4) is 11.3 Å². The van der Waals surface area contributed by atoms with E-state index in [1.165, 1.54) is 6.20 Å². The summed E-state index contributed by atoms with van der Waals surface area (Å²) < 4.78 is 0. The minimum absolute atomic E-state index is 0.220. The fourth-order valence-electron chi connectivity index (χ4n) is 1.62. The fourth-order valence-corrected chi connectivity index (χ4v) is 1.62. The highest BCUT2D eigenvalue weighted by atomic mass is 16.3. The van der Waals surface area contributed by atoms with Gasteiger partial charge in [0.25, 0.3) is 5.91 Å². The number of hydrogen-bond acceptors (Lipinski definition) is 3. The lowest BCUT2D eigenvalue weighted by atomic mass is 10.1. The first-order chi connectivity index (χ1) is 8.68. The molecule has 0 aliphatic heterocycles. The van der Waals surface area contributed by atoms with Gasteiger partial charge in [-0.15, -0.1) is 0 Å². The maximum Gasteiger partial charge on any atom is 0.255 e. The number of H-pyrrole nitrogens is 1. The van der Waals surface area contributed by atoms with Crippen molar-refractivity contribution in [1.82, 2.24) is 15.5 Å². The number of aromatic nitrogens is 2. The van der Waals surface area contributed by atoms with E-state index in [-0.39, 0.29) is 12.5 Å². The van der Waals surface area contributed by atoms with Crippen molar-refractivity contribution in [1.29, 1.82) is 0 Å². The molecule has 2 aromatic rings. The van der Waals surface area contributed by atoms with Gasteiger partial charge in [-0.2, -0.15) is 5.10 Å². The molecular weight excluding hydrogens is 230 g/mol. The molecule has 94 valence electrons. The van der Waals surface area contributed by atoms with Crippen molar-refractivity contribution in [2.75, 3.05) is 6.54 Å². The molecule has 0 fully saturated rings. The summed E-state index contributed by atoms with van der Waals surface area (Å²) in [6.07, 6.45) is 0.917. The molecule has 0 unspecified atom stereocenters. The first kappa shape index (κ1) is 12.3. The molecule has 1 aromatic carbocycles. The lowest BCUT2D eigenvalue weighted by Crippen LogP contribution is -2.30. The quantitative estimate of drug-likeness (QED) is 0.757. The highest BCUT2D eigenvalue weighted by molar-refractivity contribution is 5.99. The zero-order chi connectivity index (χ0) is 13.0. The number of nitrogens with zero attached hydrogens (tertiary/aromatic N) is 1. The number of carbonyl (C=O) groups excluding carboxylic acids is 1. The second kappa shape index (κ2) is 5.46. The van der Waals surface area contributed by atoms with Crippen LogP contribution in [0.4, 0.5) is 0 Å². The molecule has 0 aliphatic carbocycles. The fraction of sp³-hybridized carbons (Fsp3) is 0.231. The Morgan fingerprint density at radius 1 is 1.44 bits per heavy atom. The molecule has 1 amide bonds. The normalized spacial score (nSPS) is 12.1. The number of aliphatic hydroxyl groups excluding tert-OH is 1. The van der Waals surface area contributed by atoms with Gasteiger partial charge in [-0.3, -0.25) is 9.89 Å². The van der Waals surface area contributed by atoms with E-state index in [2.05, 4.69) is 15.5 Å². The van der Waals surface area contributed by atoms with Gasteiger partial charge < -0.3 is 10.4 Å². The van der Waals surface area contributed by atoms with Crippen LogP contribution in [0.2, 0.25) is 0 Å². The van der Waals surface area contributed by atoms with Gasteiger partial charge in [0.1, 0.15) is 0 Å². The smallest absolute Gasteiger partial charge is 0.255 e. The largest absolute Gasteiger partial charge is 0.392 e. The van der Waals surface area contributed by atoms with Crippen LogP contribution in [0.1, 0.15) is 17.3 Å². The van der Waals surface area contributed by atoms with Crippen LogP contribution >= 0.6 is 0 Å². The summed E-state index contributed by atoms with van der Waals surface area (Å²) in [4.78, 5) is 11.9. The second-order valence-electron chi connectivity index (χ2n) is 4.08. The Kier molecular flexibility index (Phi) is 3.74. The van der Waals surface area contributed by atoms with Crippen molar-refractivity contribution in [2.45, 2.75) is 13.0 Å². The number of nitrogens with one attached hydrogen (secondary N) is 2. The molecule has 5 nitrogen and oxygen atoms in total. The van der Waals surface area contributed by atoms with Crippen molar-refractivity contribution in [3.63, 3.8) is 0 Å². The number of benzene rings is 1. The van der Waals surface area contributed by atoms with Crippen molar-refractivity contribution in [3.05, 3.63) is 42.1 Å². The molecule has 5 heteroatoms. The molecule has 3 N–H and O–H groups in total. The molecule has 0 bridgehead atoms. The highest BCUT2D eigenvalue weighted by Gasteiger charge is 2.14. The van der Waals surface area contributed by atoms with Gasteiger partial charge in [0, 0.05) is 12.1 Å². The molecule has 0 saturated heterocycles. The molecule has 0 spiro atoms. The lowest BCUT2D eigenvalue weighted by Gasteiger charge is -2.07. The number of rotatable bonds is 4. The Morgan fingerprint density at radius 3 is 2.83 bits per heavy atom. The van der Waals surface area contributed by atoms with Gasteiger partial charge >= 0.3 is 0 Å². The molecule has 1 atom stereocenters. The third-order valence-corrected chi connectivity index (χ3v) is 2.50. The van der Waals surface area contributed by atoms with Crippen LogP contribution in [0.3, 0.4) is 0 Å². The van der Waals surface area contributed by atoms with Crippen LogP contribution in [0.5, 0.6) is 0 Å². The first-order valence-electron chi connectivity index (χ1n) is 5.73. The molecule has 2 rings (SSSR count). The van der Waals surface area contributed by atoms with E-state index < -0.39 is 6.10 Å². The zero-order valence-electron chi connectivity index (χ0n) is 10.1. The molecule has 1 aromatic heterocycles. The van der Waals surface area contributed by atoms with Crippen LogP contribution < -0.4 is 5.32 Å². The average molecular weight is 245 g/mol. The summed E-state index contributed by atoms with van der Waals surface area (Å²) >= 11 is 0. The van der Waals surface area contributed by atoms with E-state index >= 15 is 0 Å². The van der Waals surface area contributed by atoms with Crippen molar-refractivity contribution in [2.24, 2.45) is 0 Å². The van der Waals surface area contributed by atoms with E-state index in [0.717, 1.165) is 5.56 Å². The Labute approximate surface area is 105 Å². The number of aromatic amines is 1. The van der Waals surface area contributed by atoms with E-state index in [0.29, 0.717) is 11.3 Å². The summed E-state index contributed by atoms with van der Waals surface area (Å²) in [5.41, 5.74) is 2.05. The van der Waals surface area contributed by atoms with Gasteiger partial charge in [0.2, 0.25) is 0 Å². The Balaban J connectivity index is 2.20. The Morgan fingerprint density at radius 2 is 2.17 bits per heavy atom. The van der Waals surface area contributed by atoms with Gasteiger partial charge in [-0.1, -0.05) is 30.3 Å². The van der Waals surface area contributed by atoms with Crippen LogP contribution in [-0.4, -0.2) is 33.9 Å².